The third-order valence-electron chi connectivity index (χ3n) is 3.41. The number of carbonyl (C=O) groups is 1. The van der Waals surface area contributed by atoms with Gasteiger partial charge in [-0.15, -0.1) is 0 Å². The molecule has 1 aromatic rings. The van der Waals surface area contributed by atoms with Gasteiger partial charge in [0.05, 0.1) is 6.54 Å². The molecule has 106 valence electrons. The standard InChI is InChI=1S/C14H20FNO3/c1-4-9(2)16(8-14(18)19)10(3)12-6-5-11(15)7-13(12)17/h5-7,9-10,17H,4,8H2,1-3H3,(H,18,19). The van der Waals surface area contributed by atoms with E-state index in [1.165, 1.54) is 12.1 Å². The Morgan fingerprint density at radius 1 is 1.42 bits per heavy atom. The molecule has 0 aliphatic rings. The van der Waals surface area contributed by atoms with Crippen molar-refractivity contribution in [1.29, 1.82) is 0 Å². The number of hydrogen-bond acceptors (Lipinski definition) is 3. The first-order chi connectivity index (χ1) is 8.86. The van der Waals surface area contributed by atoms with Crippen molar-refractivity contribution in [3.05, 3.63) is 29.6 Å². The molecule has 0 amide bonds. The van der Waals surface area contributed by atoms with Crippen LogP contribution in [-0.2, 0) is 4.79 Å². The van der Waals surface area contributed by atoms with Crippen molar-refractivity contribution in [3.63, 3.8) is 0 Å². The van der Waals surface area contributed by atoms with E-state index in [0.717, 1.165) is 12.5 Å². The fraction of sp³-hybridized carbons (Fsp3) is 0.500. The zero-order valence-corrected chi connectivity index (χ0v) is 11.4. The van der Waals surface area contributed by atoms with Crippen molar-refractivity contribution in [2.75, 3.05) is 6.54 Å². The summed E-state index contributed by atoms with van der Waals surface area (Å²) in [5, 5.41) is 18.8. The number of carboxylic acid groups (broad SMARTS) is 1. The topological polar surface area (TPSA) is 60.8 Å². The van der Waals surface area contributed by atoms with Gasteiger partial charge < -0.3 is 10.2 Å². The highest BCUT2D eigenvalue weighted by Crippen LogP contribution is 2.30. The first-order valence-electron chi connectivity index (χ1n) is 6.32. The minimum atomic E-state index is -0.922. The molecule has 1 aromatic carbocycles. The van der Waals surface area contributed by atoms with E-state index in [1.807, 2.05) is 20.8 Å². The van der Waals surface area contributed by atoms with Crippen LogP contribution in [0.3, 0.4) is 0 Å². The lowest BCUT2D eigenvalue weighted by Gasteiger charge is -2.33. The van der Waals surface area contributed by atoms with Gasteiger partial charge in [-0.25, -0.2) is 4.39 Å². The van der Waals surface area contributed by atoms with Gasteiger partial charge in [0.25, 0.3) is 0 Å². The summed E-state index contributed by atoms with van der Waals surface area (Å²) >= 11 is 0. The third-order valence-corrected chi connectivity index (χ3v) is 3.41. The maximum absolute atomic E-state index is 13.0. The number of phenols is 1. The lowest BCUT2D eigenvalue weighted by Crippen LogP contribution is -2.39. The molecule has 0 heterocycles. The molecule has 0 bridgehead atoms. The van der Waals surface area contributed by atoms with Gasteiger partial charge in [0, 0.05) is 23.7 Å². The fourth-order valence-electron chi connectivity index (χ4n) is 2.11. The summed E-state index contributed by atoms with van der Waals surface area (Å²) in [5.74, 6) is -1.58. The minimum absolute atomic E-state index is 0.0514. The number of phenolic OH excluding ortho intramolecular Hbond substituents is 1. The summed E-state index contributed by atoms with van der Waals surface area (Å²) in [5.41, 5.74) is 0.531. The predicted molar refractivity (Wildman–Crippen MR) is 70.6 cm³/mol. The number of aromatic hydroxyl groups is 1. The smallest absolute Gasteiger partial charge is 0.317 e. The van der Waals surface area contributed by atoms with Crippen LogP contribution >= 0.6 is 0 Å². The van der Waals surface area contributed by atoms with Gasteiger partial charge in [0.2, 0.25) is 0 Å². The average Bonchev–Trinajstić information content (AvgIpc) is 2.34. The van der Waals surface area contributed by atoms with E-state index in [-0.39, 0.29) is 24.4 Å². The van der Waals surface area contributed by atoms with Crippen LogP contribution < -0.4 is 0 Å². The summed E-state index contributed by atoms with van der Waals surface area (Å²) in [7, 11) is 0. The summed E-state index contributed by atoms with van der Waals surface area (Å²) in [6.07, 6.45) is 0.791. The van der Waals surface area contributed by atoms with Crippen LogP contribution in [0.25, 0.3) is 0 Å². The number of benzene rings is 1. The van der Waals surface area contributed by atoms with Crippen LogP contribution in [0, 0.1) is 5.82 Å². The van der Waals surface area contributed by atoms with Gasteiger partial charge in [-0.1, -0.05) is 13.0 Å². The van der Waals surface area contributed by atoms with Gasteiger partial charge in [-0.2, -0.15) is 0 Å². The zero-order valence-electron chi connectivity index (χ0n) is 11.4. The Kier molecular flexibility index (Phi) is 5.30. The molecule has 0 aliphatic carbocycles. The van der Waals surface area contributed by atoms with Crippen molar-refractivity contribution >= 4 is 5.97 Å². The monoisotopic (exact) mass is 269 g/mol. The van der Waals surface area contributed by atoms with E-state index >= 15 is 0 Å². The molecular weight excluding hydrogens is 249 g/mol. The molecule has 5 heteroatoms. The zero-order chi connectivity index (χ0) is 14.6. The number of aliphatic carboxylic acids is 1. The second kappa shape index (κ2) is 6.52. The third kappa shape index (κ3) is 3.92. The van der Waals surface area contributed by atoms with Crippen LogP contribution in [0.1, 0.15) is 38.8 Å². The Balaban J connectivity index is 3.03. The Labute approximate surface area is 112 Å². The van der Waals surface area contributed by atoms with E-state index in [1.54, 1.807) is 4.90 Å². The number of hydrogen-bond donors (Lipinski definition) is 2. The second-order valence-corrected chi connectivity index (χ2v) is 4.70. The van der Waals surface area contributed by atoms with Crippen molar-refractivity contribution < 1.29 is 19.4 Å². The Morgan fingerprint density at radius 2 is 2.05 bits per heavy atom. The van der Waals surface area contributed by atoms with Crippen LogP contribution in [0.15, 0.2) is 18.2 Å². The molecule has 0 saturated carbocycles. The summed E-state index contributed by atoms with van der Waals surface area (Å²) in [6, 6.07) is 3.55. The van der Waals surface area contributed by atoms with Crippen LogP contribution in [-0.4, -0.2) is 33.7 Å². The quantitative estimate of drug-likeness (QED) is 0.833. The first kappa shape index (κ1) is 15.4. The predicted octanol–water partition coefficient (Wildman–Crippen LogP) is 2.78. The van der Waals surface area contributed by atoms with Crippen molar-refractivity contribution in [1.82, 2.24) is 4.90 Å². The van der Waals surface area contributed by atoms with Gasteiger partial charge in [0.15, 0.2) is 0 Å². The largest absolute Gasteiger partial charge is 0.508 e. The maximum Gasteiger partial charge on any atom is 0.317 e. The molecule has 2 atom stereocenters. The SMILES string of the molecule is CCC(C)N(CC(=O)O)C(C)c1ccc(F)cc1O. The minimum Gasteiger partial charge on any atom is -0.508 e. The lowest BCUT2D eigenvalue weighted by molar-refractivity contribution is -0.139. The normalized spacial score (nSPS) is 14.4. The van der Waals surface area contributed by atoms with Crippen LogP contribution in [0.4, 0.5) is 4.39 Å². The van der Waals surface area contributed by atoms with E-state index in [9.17, 15) is 14.3 Å². The molecule has 2 unspecified atom stereocenters. The van der Waals surface area contributed by atoms with Gasteiger partial charge in [0.1, 0.15) is 11.6 Å². The highest BCUT2D eigenvalue weighted by Gasteiger charge is 2.24. The molecule has 0 fully saturated rings. The summed E-state index contributed by atoms with van der Waals surface area (Å²) in [6.45, 7) is 5.59. The lowest BCUT2D eigenvalue weighted by atomic mass is 10.0. The van der Waals surface area contributed by atoms with Gasteiger partial charge in [-0.05, 0) is 26.3 Å². The van der Waals surface area contributed by atoms with Crippen LogP contribution in [0.2, 0.25) is 0 Å². The van der Waals surface area contributed by atoms with E-state index in [2.05, 4.69) is 0 Å². The highest BCUT2D eigenvalue weighted by molar-refractivity contribution is 5.69. The summed E-state index contributed by atoms with van der Waals surface area (Å²) in [4.78, 5) is 12.7. The highest BCUT2D eigenvalue weighted by atomic mass is 19.1. The van der Waals surface area contributed by atoms with Crippen LogP contribution in [0.5, 0.6) is 5.75 Å². The molecule has 0 radical (unpaired) electrons. The van der Waals surface area contributed by atoms with E-state index < -0.39 is 11.8 Å². The molecule has 1 rings (SSSR count). The van der Waals surface area contributed by atoms with Crippen molar-refractivity contribution in [3.8, 4) is 5.75 Å². The van der Waals surface area contributed by atoms with E-state index in [0.29, 0.717) is 5.56 Å². The second-order valence-electron chi connectivity index (χ2n) is 4.70. The molecule has 19 heavy (non-hydrogen) atoms. The molecule has 0 saturated heterocycles. The van der Waals surface area contributed by atoms with Gasteiger partial charge >= 0.3 is 5.97 Å². The molecule has 2 N–H and O–H groups in total. The maximum atomic E-state index is 13.0. The van der Waals surface area contributed by atoms with Gasteiger partial charge in [-0.3, -0.25) is 9.69 Å². The Morgan fingerprint density at radius 3 is 2.53 bits per heavy atom. The molecule has 0 aromatic heterocycles. The Bertz CT molecular complexity index is 450. The summed E-state index contributed by atoms with van der Waals surface area (Å²) < 4.78 is 13.0. The fourth-order valence-corrected chi connectivity index (χ4v) is 2.11. The molecule has 4 nitrogen and oxygen atoms in total. The van der Waals surface area contributed by atoms with Crippen molar-refractivity contribution in [2.24, 2.45) is 0 Å². The number of halogens is 1. The van der Waals surface area contributed by atoms with E-state index in [4.69, 9.17) is 5.11 Å². The number of nitrogens with zero attached hydrogens (tertiary/aromatic N) is 1. The molecular formula is C14H20FNO3. The number of carboxylic acids is 1. The number of rotatable bonds is 6. The Hall–Kier alpha value is -1.62. The molecule has 0 aliphatic heterocycles. The molecule has 0 spiro atoms. The first-order valence-corrected chi connectivity index (χ1v) is 6.32. The average molecular weight is 269 g/mol. The van der Waals surface area contributed by atoms with Crippen molar-refractivity contribution in [2.45, 2.75) is 39.3 Å².